The van der Waals surface area contributed by atoms with Gasteiger partial charge < -0.3 is 34.6 Å². The number of phosphoric ester groups is 2. The van der Waals surface area contributed by atoms with Gasteiger partial charge in [-0.15, -0.1) is 0 Å². The number of nitrogens with zero attached hydrogens (tertiary/aromatic N) is 1. The third-order valence-corrected chi connectivity index (χ3v) is 8.00. The summed E-state index contributed by atoms with van der Waals surface area (Å²) in [4.78, 5) is 61.7. The average molecular weight is 542 g/mol. The van der Waals surface area contributed by atoms with Crippen molar-refractivity contribution in [3.63, 3.8) is 0 Å². The molecular weight excluding hydrogens is 516 g/mol. The van der Waals surface area contributed by atoms with E-state index >= 15 is 0 Å². The Balaban J connectivity index is 1.58. The number of carbonyl (C=O) groups excluding carboxylic acids is 1. The molecule has 3 heterocycles. The highest BCUT2D eigenvalue weighted by Crippen LogP contribution is 2.57. The quantitative estimate of drug-likeness (QED) is 0.281. The number of ether oxygens (including phenoxy) is 2. The molecule has 8 atom stereocenters. The number of aliphatic hydroxyl groups excluding tert-OH is 1. The molecule has 198 valence electrons. The molecular formula is C17H26N3O13P2-. The van der Waals surface area contributed by atoms with Gasteiger partial charge in [-0.1, -0.05) is 0 Å². The number of ketones is 1. The molecule has 2 saturated heterocycles. The summed E-state index contributed by atoms with van der Waals surface area (Å²) in [5.74, 6) is -0.385. The summed E-state index contributed by atoms with van der Waals surface area (Å²) >= 11 is 0. The van der Waals surface area contributed by atoms with Crippen molar-refractivity contribution in [2.24, 2.45) is 0 Å². The first-order valence-corrected chi connectivity index (χ1v) is 13.3. The Bertz CT molecular complexity index is 1180. The van der Waals surface area contributed by atoms with Crippen molar-refractivity contribution in [3.05, 3.63) is 32.6 Å². The van der Waals surface area contributed by atoms with Gasteiger partial charge in [-0.05, 0) is 20.8 Å². The highest BCUT2D eigenvalue weighted by molar-refractivity contribution is 7.59. The number of quaternary nitrogens is 1. The number of aromatic amines is 1. The number of aryl methyl sites for hydroxylation is 1. The fraction of sp³-hybridized carbons (Fsp3) is 0.706. The first-order valence-electron chi connectivity index (χ1n) is 10.4. The number of hydrogen-bond donors (Lipinski definition) is 3. The Labute approximate surface area is 198 Å². The van der Waals surface area contributed by atoms with Gasteiger partial charge in [0.05, 0.1) is 19.1 Å². The second kappa shape index (κ2) is 10.1. The molecule has 0 bridgehead atoms. The fourth-order valence-electron chi connectivity index (χ4n) is 3.67. The van der Waals surface area contributed by atoms with Gasteiger partial charge >= 0.3 is 5.69 Å². The first-order chi connectivity index (χ1) is 16.0. The minimum absolute atomic E-state index is 0.146. The SMILES string of the molecule is Cc1cn([C@H]2C[C@H](O)[C@@H](COP(=O)([O-])OP(=O)([O-])O[C@@H]3C[C@](C)([NH3+])C(=O)[C@@H](C)O3)O2)c(=O)[nH]c1=O. The summed E-state index contributed by atoms with van der Waals surface area (Å²) < 4.78 is 49.0. The molecule has 5 N–H and O–H groups in total. The van der Waals surface area contributed by atoms with Crippen LogP contribution in [0.25, 0.3) is 0 Å². The lowest BCUT2D eigenvalue weighted by molar-refractivity contribution is -0.467. The van der Waals surface area contributed by atoms with Crippen LogP contribution in [0.1, 0.15) is 38.5 Å². The molecule has 16 nitrogen and oxygen atoms in total. The maximum Gasteiger partial charge on any atom is 0.330 e. The molecule has 0 saturated carbocycles. The lowest BCUT2D eigenvalue weighted by Crippen LogP contribution is -2.79. The molecule has 0 amide bonds. The smallest absolute Gasteiger partial charge is 0.330 e. The van der Waals surface area contributed by atoms with Crippen molar-refractivity contribution in [1.82, 2.24) is 9.55 Å². The average Bonchev–Trinajstić information content (AvgIpc) is 3.06. The zero-order chi connectivity index (χ0) is 26.3. The van der Waals surface area contributed by atoms with Crippen LogP contribution in [0.3, 0.4) is 0 Å². The topological polar surface area (TPSA) is 246 Å². The Morgan fingerprint density at radius 1 is 1.29 bits per heavy atom. The van der Waals surface area contributed by atoms with Crippen LogP contribution >= 0.6 is 15.6 Å². The van der Waals surface area contributed by atoms with E-state index in [1.54, 1.807) is 0 Å². The summed E-state index contributed by atoms with van der Waals surface area (Å²) in [6, 6.07) is 0. The van der Waals surface area contributed by atoms with Crippen LogP contribution in [-0.2, 0) is 36.8 Å². The highest BCUT2D eigenvalue weighted by Gasteiger charge is 2.46. The molecule has 0 aliphatic carbocycles. The predicted octanol–water partition coefficient (Wildman–Crippen LogP) is -2.82. The summed E-state index contributed by atoms with van der Waals surface area (Å²) in [5, 5.41) is 10.2. The van der Waals surface area contributed by atoms with Crippen LogP contribution in [0.5, 0.6) is 0 Å². The maximum absolute atomic E-state index is 12.1. The van der Waals surface area contributed by atoms with Crippen molar-refractivity contribution >= 4 is 21.4 Å². The van der Waals surface area contributed by atoms with Gasteiger partial charge in [0.25, 0.3) is 21.2 Å². The largest absolute Gasteiger partial charge is 0.756 e. The number of phosphoric acid groups is 2. The van der Waals surface area contributed by atoms with E-state index in [1.807, 2.05) is 0 Å². The van der Waals surface area contributed by atoms with Gasteiger partial charge in [0.15, 0.2) is 11.8 Å². The number of aromatic nitrogens is 2. The summed E-state index contributed by atoms with van der Waals surface area (Å²) in [7, 11) is -11.1. The lowest BCUT2D eigenvalue weighted by Gasteiger charge is -2.38. The molecule has 35 heavy (non-hydrogen) atoms. The van der Waals surface area contributed by atoms with Crippen LogP contribution in [-0.4, -0.2) is 57.2 Å². The van der Waals surface area contributed by atoms with Gasteiger partial charge in [0.1, 0.15) is 18.4 Å². The zero-order valence-electron chi connectivity index (χ0n) is 19.0. The molecule has 0 radical (unpaired) electrons. The molecule has 3 rings (SSSR count). The van der Waals surface area contributed by atoms with Crippen molar-refractivity contribution in [2.45, 2.75) is 70.0 Å². The molecule has 2 fully saturated rings. The Hall–Kier alpha value is -1.55. The van der Waals surface area contributed by atoms with Gasteiger partial charge in [-0.2, -0.15) is 0 Å². The molecule has 2 aliphatic heterocycles. The first kappa shape index (κ1) is 28.0. The van der Waals surface area contributed by atoms with Gasteiger partial charge in [0, 0.05) is 18.2 Å². The minimum Gasteiger partial charge on any atom is -0.756 e. The van der Waals surface area contributed by atoms with Crippen molar-refractivity contribution in [2.75, 3.05) is 6.61 Å². The van der Waals surface area contributed by atoms with Crippen LogP contribution in [0, 0.1) is 6.92 Å². The van der Waals surface area contributed by atoms with E-state index in [1.165, 1.54) is 27.0 Å². The van der Waals surface area contributed by atoms with Crippen LogP contribution in [0.15, 0.2) is 15.8 Å². The zero-order valence-corrected chi connectivity index (χ0v) is 20.8. The number of aliphatic hydroxyl groups is 1. The number of carbonyl (C=O) groups is 1. The van der Waals surface area contributed by atoms with E-state index in [-0.39, 0.29) is 24.2 Å². The molecule has 1 aromatic heterocycles. The van der Waals surface area contributed by atoms with Crippen LogP contribution in [0.2, 0.25) is 0 Å². The standard InChI is InChI=1S/C17H27N3O13P2/c1-8-6-20(16(24)19-15(8)23)12-4-10(21)11(31-12)7-29-34(25,26)33-35(27,28)32-13-5-17(3,18)14(22)9(2)30-13/h6,9-13,21H,4-5,7,18H2,1-3H3,(H,25,26)(H,27,28)(H,19,23,24)/p-1/t9-,10+,11-,12-,13-,17+/m1/s1. The van der Waals surface area contributed by atoms with E-state index in [0.29, 0.717) is 0 Å². The fourth-order valence-corrected chi connectivity index (χ4v) is 5.73. The molecule has 1 aromatic rings. The number of nitrogens with one attached hydrogen (secondary N) is 1. The molecule has 0 aromatic carbocycles. The van der Waals surface area contributed by atoms with Crippen molar-refractivity contribution in [1.29, 1.82) is 0 Å². The lowest BCUT2D eigenvalue weighted by atomic mass is 9.88. The number of rotatable bonds is 8. The molecule has 0 spiro atoms. The van der Waals surface area contributed by atoms with E-state index < -0.39 is 69.9 Å². The van der Waals surface area contributed by atoms with Gasteiger partial charge in [-0.25, -0.2) is 9.11 Å². The predicted molar refractivity (Wildman–Crippen MR) is 109 cm³/mol. The number of Topliss-reactive ketones (excluding diaryl/α,β-unsaturated/α-hetero) is 1. The van der Waals surface area contributed by atoms with Crippen molar-refractivity contribution < 1.29 is 57.4 Å². The highest BCUT2D eigenvalue weighted by atomic mass is 31.3. The second-order valence-electron chi connectivity index (χ2n) is 8.63. The maximum atomic E-state index is 12.1. The Morgan fingerprint density at radius 3 is 2.57 bits per heavy atom. The van der Waals surface area contributed by atoms with E-state index in [4.69, 9.17) is 9.47 Å². The van der Waals surface area contributed by atoms with Crippen LogP contribution < -0.4 is 26.8 Å². The van der Waals surface area contributed by atoms with E-state index in [9.17, 15) is 38.4 Å². The summed E-state index contributed by atoms with van der Waals surface area (Å²) in [6.07, 6.45) is -5.39. The summed E-state index contributed by atoms with van der Waals surface area (Å²) in [5.41, 5.74) is 1.25. The minimum atomic E-state index is -5.54. The van der Waals surface area contributed by atoms with E-state index in [2.05, 4.69) is 24.1 Å². The monoisotopic (exact) mass is 542 g/mol. The third kappa shape index (κ3) is 6.81. The Kier molecular flexibility index (Phi) is 8.07. The molecule has 18 heteroatoms. The second-order valence-corrected chi connectivity index (χ2v) is 11.5. The van der Waals surface area contributed by atoms with Gasteiger partial charge in [-0.3, -0.25) is 32.8 Å². The Morgan fingerprint density at radius 2 is 1.94 bits per heavy atom. The summed E-state index contributed by atoms with van der Waals surface area (Å²) in [6.45, 7) is 3.41. The molecule has 2 unspecified atom stereocenters. The number of H-pyrrole nitrogens is 1. The normalized spacial score (nSPS) is 34.9. The third-order valence-electron chi connectivity index (χ3n) is 5.44. The van der Waals surface area contributed by atoms with E-state index in [0.717, 1.165) is 4.57 Å². The van der Waals surface area contributed by atoms with Gasteiger partial charge in [0.2, 0.25) is 5.78 Å². The number of hydrogen-bond acceptors (Lipinski definition) is 13. The van der Waals surface area contributed by atoms with Crippen LogP contribution in [0.4, 0.5) is 0 Å². The molecule has 2 aliphatic rings. The van der Waals surface area contributed by atoms with Crippen molar-refractivity contribution in [3.8, 4) is 0 Å².